The molecule has 1 aliphatic rings. The first-order valence-corrected chi connectivity index (χ1v) is 8.51. The first-order chi connectivity index (χ1) is 10.6. The monoisotopic (exact) mass is 323 g/mol. The Hall–Kier alpha value is -1.56. The van der Waals surface area contributed by atoms with Gasteiger partial charge in [-0.05, 0) is 17.4 Å². The van der Waals surface area contributed by atoms with Crippen LogP contribution in [0.15, 0.2) is 22.5 Å². The van der Waals surface area contributed by atoms with E-state index in [4.69, 9.17) is 4.74 Å². The van der Waals surface area contributed by atoms with E-state index < -0.39 is 0 Å². The number of guanidine groups is 1. The molecule has 1 saturated heterocycles. The second-order valence-electron chi connectivity index (χ2n) is 5.86. The molecule has 1 aliphatic heterocycles. The minimum atomic E-state index is -0.127. The van der Waals surface area contributed by atoms with Gasteiger partial charge in [0.15, 0.2) is 5.96 Å². The van der Waals surface area contributed by atoms with Crippen LogP contribution >= 0.6 is 11.3 Å². The lowest BCUT2D eigenvalue weighted by atomic mass is 9.99. The lowest BCUT2D eigenvalue weighted by molar-refractivity contribution is -0.145. The molecule has 2 rings (SSSR count). The van der Waals surface area contributed by atoms with Gasteiger partial charge < -0.3 is 15.0 Å². The van der Waals surface area contributed by atoms with Crippen molar-refractivity contribution < 1.29 is 9.53 Å². The molecular weight excluding hydrogens is 298 g/mol. The van der Waals surface area contributed by atoms with Crippen molar-refractivity contribution in [2.24, 2.45) is 16.8 Å². The molecule has 5 nitrogen and oxygen atoms in total. The molecule has 0 bridgehead atoms. The molecule has 0 aliphatic carbocycles. The smallest absolute Gasteiger partial charge is 0.310 e. The number of rotatable bonds is 4. The summed E-state index contributed by atoms with van der Waals surface area (Å²) in [7, 11) is 3.24. The number of nitrogens with one attached hydrogen (secondary N) is 1. The molecule has 1 aromatic heterocycles. The molecule has 1 N–H and O–H groups in total. The van der Waals surface area contributed by atoms with Crippen LogP contribution in [0.3, 0.4) is 0 Å². The zero-order chi connectivity index (χ0) is 16.1. The quantitative estimate of drug-likeness (QED) is 0.524. The van der Waals surface area contributed by atoms with Crippen LogP contribution in [0.1, 0.15) is 24.6 Å². The van der Waals surface area contributed by atoms with Gasteiger partial charge in [0.05, 0.1) is 13.0 Å². The van der Waals surface area contributed by atoms with E-state index in [2.05, 4.69) is 46.6 Å². The minimum Gasteiger partial charge on any atom is -0.469 e. The Morgan fingerprint density at radius 2 is 2.36 bits per heavy atom. The number of carbonyl (C=O) groups excluding carboxylic acids is 1. The summed E-state index contributed by atoms with van der Waals surface area (Å²) in [5, 5.41) is 5.53. The highest BCUT2D eigenvalue weighted by molar-refractivity contribution is 7.10. The van der Waals surface area contributed by atoms with Crippen molar-refractivity contribution in [2.45, 2.75) is 19.8 Å². The van der Waals surface area contributed by atoms with Crippen molar-refractivity contribution in [2.75, 3.05) is 33.8 Å². The summed E-state index contributed by atoms with van der Waals surface area (Å²) in [6.45, 7) is 6.62. The molecule has 0 radical (unpaired) electrons. The molecule has 3 unspecified atom stereocenters. The van der Waals surface area contributed by atoms with E-state index in [0.29, 0.717) is 12.5 Å². The standard InChI is InChI=1S/C16H25N3O2S/c1-11(14-6-5-7-22-14)8-18-16(17-3)19-9-12(2)13(10-19)15(20)21-4/h5-7,11-13H,8-10H2,1-4H3,(H,17,18). The normalized spacial score (nSPS) is 23.5. The van der Waals surface area contributed by atoms with Crippen LogP contribution in [0.2, 0.25) is 0 Å². The van der Waals surface area contributed by atoms with E-state index in [1.165, 1.54) is 12.0 Å². The highest BCUT2D eigenvalue weighted by Gasteiger charge is 2.36. The Morgan fingerprint density at radius 3 is 2.95 bits per heavy atom. The zero-order valence-electron chi connectivity index (χ0n) is 13.7. The maximum atomic E-state index is 11.8. The number of aliphatic imine (C=N–C) groups is 1. The number of hydrogen-bond donors (Lipinski definition) is 1. The molecule has 3 atom stereocenters. The number of esters is 1. The number of thiophene rings is 1. The van der Waals surface area contributed by atoms with E-state index in [0.717, 1.165) is 19.0 Å². The van der Waals surface area contributed by atoms with Gasteiger partial charge in [-0.1, -0.05) is 19.9 Å². The third kappa shape index (κ3) is 3.80. The second-order valence-corrected chi connectivity index (χ2v) is 6.84. The van der Waals surface area contributed by atoms with Crippen molar-refractivity contribution >= 4 is 23.3 Å². The van der Waals surface area contributed by atoms with Gasteiger partial charge >= 0.3 is 5.97 Å². The zero-order valence-corrected chi connectivity index (χ0v) is 14.5. The summed E-state index contributed by atoms with van der Waals surface area (Å²) in [5.41, 5.74) is 0. The average molecular weight is 323 g/mol. The van der Waals surface area contributed by atoms with Gasteiger partial charge in [-0.25, -0.2) is 0 Å². The van der Waals surface area contributed by atoms with Crippen LogP contribution in [-0.4, -0.2) is 50.6 Å². The number of carbonyl (C=O) groups is 1. The molecule has 0 spiro atoms. The third-order valence-corrected chi connectivity index (χ3v) is 5.33. The van der Waals surface area contributed by atoms with E-state index in [-0.39, 0.29) is 17.8 Å². The lowest BCUT2D eigenvalue weighted by Crippen LogP contribution is -2.41. The molecule has 0 aromatic carbocycles. The van der Waals surface area contributed by atoms with Crippen molar-refractivity contribution in [1.29, 1.82) is 0 Å². The van der Waals surface area contributed by atoms with Crippen LogP contribution in [0.25, 0.3) is 0 Å². The molecule has 122 valence electrons. The van der Waals surface area contributed by atoms with Crippen molar-refractivity contribution in [3.63, 3.8) is 0 Å². The maximum Gasteiger partial charge on any atom is 0.310 e. The van der Waals surface area contributed by atoms with Gasteiger partial charge in [-0.3, -0.25) is 9.79 Å². The molecule has 0 amide bonds. The average Bonchev–Trinajstić information content (AvgIpc) is 3.17. The molecule has 6 heteroatoms. The van der Waals surface area contributed by atoms with Crippen LogP contribution < -0.4 is 5.32 Å². The molecule has 0 saturated carbocycles. The first kappa shape index (κ1) is 16.8. The first-order valence-electron chi connectivity index (χ1n) is 7.63. The van der Waals surface area contributed by atoms with Crippen molar-refractivity contribution in [1.82, 2.24) is 10.2 Å². The van der Waals surface area contributed by atoms with Crippen LogP contribution in [0.5, 0.6) is 0 Å². The number of nitrogens with zero attached hydrogens (tertiary/aromatic N) is 2. The highest BCUT2D eigenvalue weighted by atomic mass is 32.1. The van der Waals surface area contributed by atoms with Crippen LogP contribution in [0, 0.1) is 11.8 Å². The molecular formula is C16H25N3O2S. The summed E-state index contributed by atoms with van der Waals surface area (Å²) in [4.78, 5) is 19.7. The Balaban J connectivity index is 1.91. The summed E-state index contributed by atoms with van der Waals surface area (Å²) >= 11 is 1.78. The maximum absolute atomic E-state index is 11.8. The van der Waals surface area contributed by atoms with Crippen LogP contribution in [-0.2, 0) is 9.53 Å². The van der Waals surface area contributed by atoms with Gasteiger partial charge in [0.2, 0.25) is 0 Å². The van der Waals surface area contributed by atoms with Gasteiger partial charge in [0.1, 0.15) is 0 Å². The Kier molecular flexibility index (Phi) is 5.83. The fourth-order valence-corrected chi connectivity index (χ4v) is 3.63. The fourth-order valence-electron chi connectivity index (χ4n) is 2.85. The van der Waals surface area contributed by atoms with Crippen molar-refractivity contribution in [3.8, 4) is 0 Å². The van der Waals surface area contributed by atoms with E-state index in [1.54, 1.807) is 18.4 Å². The predicted octanol–water partition coefficient (Wildman–Crippen LogP) is 2.17. The lowest BCUT2D eigenvalue weighted by Gasteiger charge is -2.23. The summed E-state index contributed by atoms with van der Waals surface area (Å²) in [6.07, 6.45) is 0. The Bertz CT molecular complexity index is 515. The number of methoxy groups -OCH3 is 1. The fraction of sp³-hybridized carbons (Fsp3) is 0.625. The van der Waals surface area contributed by atoms with Gasteiger partial charge in [0.25, 0.3) is 0 Å². The SMILES string of the molecule is CN=C(NCC(C)c1cccs1)N1CC(C)C(C(=O)OC)C1. The topological polar surface area (TPSA) is 53.9 Å². The highest BCUT2D eigenvalue weighted by Crippen LogP contribution is 2.24. The summed E-state index contributed by atoms with van der Waals surface area (Å²) in [6, 6.07) is 4.24. The number of ether oxygens (including phenoxy) is 1. The van der Waals surface area contributed by atoms with Crippen molar-refractivity contribution in [3.05, 3.63) is 22.4 Å². The van der Waals surface area contributed by atoms with Gasteiger partial charge in [-0.15, -0.1) is 11.3 Å². The van der Waals surface area contributed by atoms with E-state index >= 15 is 0 Å². The van der Waals surface area contributed by atoms with E-state index in [9.17, 15) is 4.79 Å². The minimum absolute atomic E-state index is 0.0710. The molecule has 2 heterocycles. The van der Waals surface area contributed by atoms with Crippen LogP contribution in [0.4, 0.5) is 0 Å². The van der Waals surface area contributed by atoms with E-state index in [1.807, 2.05) is 0 Å². The van der Waals surface area contributed by atoms with Gasteiger partial charge in [0, 0.05) is 37.5 Å². The third-order valence-electron chi connectivity index (χ3n) is 4.22. The van der Waals surface area contributed by atoms with Gasteiger partial charge in [-0.2, -0.15) is 0 Å². The largest absolute Gasteiger partial charge is 0.469 e. The molecule has 1 aromatic rings. The Labute approximate surface area is 136 Å². The predicted molar refractivity (Wildman–Crippen MR) is 90.3 cm³/mol. The summed E-state index contributed by atoms with van der Waals surface area (Å²) in [5.74, 6) is 1.38. The number of likely N-dealkylation sites (tertiary alicyclic amines) is 1. The molecule has 22 heavy (non-hydrogen) atoms. The number of hydrogen-bond acceptors (Lipinski definition) is 4. The second kappa shape index (κ2) is 7.63. The Morgan fingerprint density at radius 1 is 1.59 bits per heavy atom. The molecule has 1 fully saturated rings. The summed E-state index contributed by atoms with van der Waals surface area (Å²) < 4.78 is 4.89.